The second-order valence-corrected chi connectivity index (χ2v) is 6.19. The lowest BCUT2D eigenvalue weighted by atomic mass is 10.1. The number of benzene rings is 2. The minimum atomic E-state index is 0.106. The molecule has 1 aliphatic heterocycles. The molecular weight excluding hydrogens is 316 g/mol. The Kier molecular flexibility index (Phi) is 3.70. The van der Waals surface area contributed by atoms with Crippen LogP contribution in [0.25, 0.3) is 0 Å². The van der Waals surface area contributed by atoms with Crippen molar-refractivity contribution in [3.8, 4) is 11.5 Å². The van der Waals surface area contributed by atoms with Crippen molar-refractivity contribution >= 4 is 15.9 Å². The highest BCUT2D eigenvalue weighted by Gasteiger charge is 2.23. The minimum Gasteiger partial charge on any atom is -0.489 e. The molecule has 0 amide bonds. The van der Waals surface area contributed by atoms with E-state index in [1.807, 2.05) is 19.1 Å². The number of fused-ring (bicyclic) bond motifs is 1. The summed E-state index contributed by atoms with van der Waals surface area (Å²) in [6.45, 7) is 4.74. The van der Waals surface area contributed by atoms with Gasteiger partial charge in [-0.25, -0.2) is 0 Å². The normalized spacial score (nSPS) is 16.6. The lowest BCUT2D eigenvalue weighted by Crippen LogP contribution is -2.22. The second kappa shape index (κ2) is 5.49. The summed E-state index contributed by atoms with van der Waals surface area (Å²) in [5.74, 6) is 1.92. The van der Waals surface area contributed by atoms with Crippen molar-refractivity contribution in [2.45, 2.75) is 26.4 Å². The van der Waals surface area contributed by atoms with Crippen molar-refractivity contribution < 1.29 is 9.47 Å². The summed E-state index contributed by atoms with van der Waals surface area (Å²) in [7, 11) is 0. The Morgan fingerprint density at radius 3 is 2.85 bits per heavy atom. The van der Waals surface area contributed by atoms with Crippen molar-refractivity contribution in [1.29, 1.82) is 0 Å². The van der Waals surface area contributed by atoms with Gasteiger partial charge in [-0.3, -0.25) is 0 Å². The van der Waals surface area contributed by atoms with E-state index in [-0.39, 0.29) is 6.10 Å². The molecule has 1 aliphatic rings. The van der Waals surface area contributed by atoms with Crippen LogP contribution < -0.4 is 9.47 Å². The first-order valence-electron chi connectivity index (χ1n) is 6.77. The third-order valence-electron chi connectivity index (χ3n) is 3.52. The summed E-state index contributed by atoms with van der Waals surface area (Å²) in [4.78, 5) is 0. The van der Waals surface area contributed by atoms with Gasteiger partial charge in [-0.2, -0.15) is 0 Å². The fourth-order valence-electron chi connectivity index (χ4n) is 2.50. The van der Waals surface area contributed by atoms with Gasteiger partial charge in [-0.1, -0.05) is 33.6 Å². The zero-order valence-corrected chi connectivity index (χ0v) is 13.2. The first-order valence-corrected chi connectivity index (χ1v) is 7.56. The molecule has 0 aliphatic carbocycles. The Bertz CT molecular complexity index is 637. The van der Waals surface area contributed by atoms with E-state index in [0.717, 1.165) is 28.0 Å². The van der Waals surface area contributed by atoms with Crippen LogP contribution in [-0.4, -0.2) is 12.7 Å². The van der Waals surface area contributed by atoms with E-state index in [0.29, 0.717) is 6.61 Å². The number of hydrogen-bond acceptors (Lipinski definition) is 2. The molecule has 20 heavy (non-hydrogen) atoms. The second-order valence-electron chi connectivity index (χ2n) is 5.28. The van der Waals surface area contributed by atoms with E-state index in [1.54, 1.807) is 0 Å². The summed E-state index contributed by atoms with van der Waals surface area (Å²) in [5.41, 5.74) is 3.69. The van der Waals surface area contributed by atoms with Gasteiger partial charge in [0.15, 0.2) is 0 Å². The van der Waals surface area contributed by atoms with E-state index < -0.39 is 0 Å². The number of ether oxygens (including phenoxy) is 2. The van der Waals surface area contributed by atoms with Crippen LogP contribution >= 0.6 is 15.9 Å². The summed E-state index contributed by atoms with van der Waals surface area (Å²) >= 11 is 3.46. The van der Waals surface area contributed by atoms with Crippen LogP contribution in [-0.2, 0) is 6.42 Å². The number of halogens is 1. The lowest BCUT2D eigenvalue weighted by molar-refractivity contribution is 0.148. The molecule has 0 fully saturated rings. The molecule has 0 aromatic heterocycles. The highest BCUT2D eigenvalue weighted by atomic mass is 79.9. The maximum Gasteiger partial charge on any atom is 0.137 e. The molecule has 0 radical (unpaired) electrons. The summed E-state index contributed by atoms with van der Waals surface area (Å²) < 4.78 is 12.9. The summed E-state index contributed by atoms with van der Waals surface area (Å²) in [6, 6.07) is 12.4. The molecule has 0 saturated heterocycles. The maximum absolute atomic E-state index is 5.91. The van der Waals surface area contributed by atoms with Crippen LogP contribution in [0.15, 0.2) is 40.9 Å². The van der Waals surface area contributed by atoms with E-state index in [1.165, 1.54) is 11.1 Å². The average molecular weight is 333 g/mol. The van der Waals surface area contributed by atoms with Crippen molar-refractivity contribution in [2.24, 2.45) is 0 Å². The van der Waals surface area contributed by atoms with Gasteiger partial charge in [0.2, 0.25) is 0 Å². The molecule has 2 nitrogen and oxygen atoms in total. The van der Waals surface area contributed by atoms with Crippen molar-refractivity contribution in [3.63, 3.8) is 0 Å². The van der Waals surface area contributed by atoms with Gasteiger partial charge in [0.05, 0.1) is 0 Å². The van der Waals surface area contributed by atoms with Gasteiger partial charge in [0, 0.05) is 10.9 Å². The van der Waals surface area contributed by atoms with E-state index in [9.17, 15) is 0 Å². The molecule has 2 aromatic carbocycles. The predicted octanol–water partition coefficient (Wildman–Crippen LogP) is 4.45. The first kappa shape index (κ1) is 13.5. The minimum absolute atomic E-state index is 0.106. The molecule has 0 saturated carbocycles. The molecule has 0 spiro atoms. The number of rotatable bonds is 3. The fraction of sp³-hybridized carbons (Fsp3) is 0.294. The summed E-state index contributed by atoms with van der Waals surface area (Å²) in [6.07, 6.45) is 1.03. The molecule has 104 valence electrons. The monoisotopic (exact) mass is 332 g/mol. The zero-order valence-electron chi connectivity index (χ0n) is 11.7. The van der Waals surface area contributed by atoms with Crippen LogP contribution in [0.4, 0.5) is 0 Å². The quantitative estimate of drug-likeness (QED) is 0.826. The molecule has 1 atom stereocenters. The molecule has 3 heteroatoms. The average Bonchev–Trinajstić information content (AvgIpc) is 2.79. The Morgan fingerprint density at radius 2 is 2.05 bits per heavy atom. The third-order valence-corrected chi connectivity index (χ3v) is 4.01. The van der Waals surface area contributed by atoms with E-state index in [4.69, 9.17) is 9.47 Å². The van der Waals surface area contributed by atoms with E-state index in [2.05, 4.69) is 47.1 Å². The van der Waals surface area contributed by atoms with Crippen LogP contribution in [0.5, 0.6) is 11.5 Å². The first-order chi connectivity index (χ1) is 9.61. The molecular formula is C17H17BrO2. The van der Waals surface area contributed by atoms with Crippen LogP contribution in [0, 0.1) is 13.8 Å². The van der Waals surface area contributed by atoms with Gasteiger partial charge in [0.25, 0.3) is 0 Å². The van der Waals surface area contributed by atoms with Gasteiger partial charge in [-0.15, -0.1) is 0 Å². The lowest BCUT2D eigenvalue weighted by Gasteiger charge is -2.14. The molecule has 3 rings (SSSR count). The smallest absolute Gasteiger partial charge is 0.137 e. The van der Waals surface area contributed by atoms with Crippen molar-refractivity contribution in [2.75, 3.05) is 6.61 Å². The molecule has 0 N–H and O–H groups in total. The van der Waals surface area contributed by atoms with Crippen molar-refractivity contribution in [1.82, 2.24) is 0 Å². The fourth-order valence-corrected chi connectivity index (χ4v) is 2.98. The van der Waals surface area contributed by atoms with E-state index >= 15 is 0 Å². The predicted molar refractivity (Wildman–Crippen MR) is 83.7 cm³/mol. The Hall–Kier alpha value is -1.48. The third kappa shape index (κ3) is 2.83. The molecule has 0 bridgehead atoms. The molecule has 1 unspecified atom stereocenters. The van der Waals surface area contributed by atoms with Gasteiger partial charge in [0.1, 0.15) is 24.2 Å². The van der Waals surface area contributed by atoms with Crippen molar-refractivity contribution in [3.05, 3.63) is 57.6 Å². The summed E-state index contributed by atoms with van der Waals surface area (Å²) in [5, 5.41) is 0. The van der Waals surface area contributed by atoms with Gasteiger partial charge < -0.3 is 9.47 Å². The molecule has 2 aromatic rings. The Morgan fingerprint density at radius 1 is 1.20 bits per heavy atom. The standard InChI is InChI=1S/C17H17BrO2/c1-11-3-5-17-13(7-11)9-15(20-17)10-19-16-6-4-14(18)8-12(16)2/h3-8,15H,9-10H2,1-2H3. The maximum atomic E-state index is 5.91. The van der Waals surface area contributed by atoms with Gasteiger partial charge >= 0.3 is 0 Å². The number of hydrogen-bond donors (Lipinski definition) is 0. The Labute approximate surface area is 127 Å². The van der Waals surface area contributed by atoms with Gasteiger partial charge in [-0.05, 0) is 49.2 Å². The Balaban J connectivity index is 1.63. The molecule has 1 heterocycles. The largest absolute Gasteiger partial charge is 0.489 e. The highest BCUT2D eigenvalue weighted by molar-refractivity contribution is 9.10. The van der Waals surface area contributed by atoms with Crippen LogP contribution in [0.1, 0.15) is 16.7 Å². The number of aryl methyl sites for hydroxylation is 2. The van der Waals surface area contributed by atoms with Crippen LogP contribution in [0.3, 0.4) is 0 Å². The zero-order chi connectivity index (χ0) is 14.1. The highest BCUT2D eigenvalue weighted by Crippen LogP contribution is 2.30. The topological polar surface area (TPSA) is 18.5 Å². The van der Waals surface area contributed by atoms with Crippen LogP contribution in [0.2, 0.25) is 0 Å². The SMILES string of the molecule is Cc1ccc2c(c1)CC(COc1ccc(Br)cc1C)O2.